The molecule has 0 aromatic heterocycles. The first kappa shape index (κ1) is 14.1. The molecule has 0 radical (unpaired) electrons. The van der Waals surface area contributed by atoms with Crippen LogP contribution in [-0.2, 0) is 0 Å². The Morgan fingerprint density at radius 1 is 1.26 bits per heavy atom. The molecule has 1 saturated carbocycles. The largest absolute Gasteiger partial charge is 0.336 e. The smallest absolute Gasteiger partial charge is 0.254 e. The van der Waals surface area contributed by atoms with Crippen molar-refractivity contribution in [2.24, 2.45) is 5.73 Å². The zero-order chi connectivity index (χ0) is 13.7. The Labute approximate surface area is 115 Å². The summed E-state index contributed by atoms with van der Waals surface area (Å²) in [4.78, 5) is 14.7. The van der Waals surface area contributed by atoms with Gasteiger partial charge in [0, 0.05) is 18.2 Å². The molecule has 1 aromatic rings. The number of hydrogen-bond donors (Lipinski definition) is 1. The molecular formula is C16H24N2O. The number of amides is 1. The highest BCUT2D eigenvalue weighted by molar-refractivity contribution is 5.94. The fourth-order valence-corrected chi connectivity index (χ4v) is 2.79. The van der Waals surface area contributed by atoms with Crippen molar-refractivity contribution in [1.29, 1.82) is 0 Å². The normalized spacial score (nSPS) is 15.7. The Bertz CT molecular complexity index is 407. The Morgan fingerprint density at radius 3 is 2.47 bits per heavy atom. The summed E-state index contributed by atoms with van der Waals surface area (Å²) in [5.41, 5.74) is 7.58. The number of aryl methyl sites for hydroxylation is 1. The predicted molar refractivity (Wildman–Crippen MR) is 78.1 cm³/mol. The van der Waals surface area contributed by atoms with E-state index in [-0.39, 0.29) is 5.91 Å². The Hall–Kier alpha value is -1.35. The van der Waals surface area contributed by atoms with Crippen LogP contribution in [-0.4, -0.2) is 29.9 Å². The average Bonchev–Trinajstić information content (AvgIpc) is 2.94. The monoisotopic (exact) mass is 260 g/mol. The fourth-order valence-electron chi connectivity index (χ4n) is 2.79. The summed E-state index contributed by atoms with van der Waals surface area (Å²) in [6.07, 6.45) is 5.65. The van der Waals surface area contributed by atoms with E-state index in [0.29, 0.717) is 12.6 Å². The second-order valence-electron chi connectivity index (χ2n) is 5.45. The van der Waals surface area contributed by atoms with Crippen molar-refractivity contribution in [3.8, 4) is 0 Å². The molecule has 1 fully saturated rings. The Kier molecular flexibility index (Phi) is 4.97. The highest BCUT2D eigenvalue weighted by atomic mass is 16.2. The first-order valence-corrected chi connectivity index (χ1v) is 7.30. The average molecular weight is 260 g/mol. The maximum absolute atomic E-state index is 12.6. The van der Waals surface area contributed by atoms with Gasteiger partial charge < -0.3 is 10.6 Å². The Balaban J connectivity index is 2.11. The van der Waals surface area contributed by atoms with Crippen LogP contribution in [0.2, 0.25) is 0 Å². The summed E-state index contributed by atoms with van der Waals surface area (Å²) in [7, 11) is 0. The molecule has 0 atom stereocenters. The standard InChI is InChI=1S/C16H24N2O/c1-13-7-9-14(10-8-13)16(19)18(12-4-11-17)15-5-2-3-6-15/h7-10,15H,2-6,11-12,17H2,1H3. The molecular weight excluding hydrogens is 236 g/mol. The van der Waals surface area contributed by atoms with E-state index in [1.54, 1.807) is 0 Å². The highest BCUT2D eigenvalue weighted by Gasteiger charge is 2.26. The van der Waals surface area contributed by atoms with Gasteiger partial charge in [-0.25, -0.2) is 0 Å². The molecule has 2 N–H and O–H groups in total. The zero-order valence-corrected chi connectivity index (χ0v) is 11.8. The van der Waals surface area contributed by atoms with Crippen LogP contribution >= 0.6 is 0 Å². The van der Waals surface area contributed by atoms with Crippen LogP contribution < -0.4 is 5.73 Å². The van der Waals surface area contributed by atoms with Gasteiger partial charge >= 0.3 is 0 Å². The van der Waals surface area contributed by atoms with Gasteiger partial charge in [-0.2, -0.15) is 0 Å². The van der Waals surface area contributed by atoms with Crippen LogP contribution in [0.1, 0.15) is 48.0 Å². The lowest BCUT2D eigenvalue weighted by Crippen LogP contribution is -2.40. The molecule has 104 valence electrons. The lowest BCUT2D eigenvalue weighted by molar-refractivity contribution is 0.0680. The predicted octanol–water partition coefficient (Wildman–Crippen LogP) is 2.73. The van der Waals surface area contributed by atoms with Crippen molar-refractivity contribution in [3.63, 3.8) is 0 Å². The summed E-state index contributed by atoms with van der Waals surface area (Å²) in [6.45, 7) is 3.47. The van der Waals surface area contributed by atoms with Gasteiger partial charge in [-0.05, 0) is 44.9 Å². The molecule has 1 aromatic carbocycles. The Morgan fingerprint density at radius 2 is 1.89 bits per heavy atom. The second kappa shape index (κ2) is 6.71. The molecule has 1 amide bonds. The molecule has 1 aliphatic carbocycles. The third kappa shape index (κ3) is 3.57. The number of nitrogens with two attached hydrogens (primary N) is 1. The molecule has 1 aliphatic rings. The lowest BCUT2D eigenvalue weighted by Gasteiger charge is -2.29. The van der Waals surface area contributed by atoms with Gasteiger partial charge in [-0.15, -0.1) is 0 Å². The van der Waals surface area contributed by atoms with Gasteiger partial charge in [0.2, 0.25) is 0 Å². The molecule has 0 saturated heterocycles. The van der Waals surface area contributed by atoms with Crippen molar-refractivity contribution in [3.05, 3.63) is 35.4 Å². The summed E-state index contributed by atoms with van der Waals surface area (Å²) in [5, 5.41) is 0. The van der Waals surface area contributed by atoms with Crippen LogP contribution in [0, 0.1) is 6.92 Å². The van der Waals surface area contributed by atoms with Crippen molar-refractivity contribution in [2.75, 3.05) is 13.1 Å². The van der Waals surface area contributed by atoms with Crippen LogP contribution in [0.25, 0.3) is 0 Å². The van der Waals surface area contributed by atoms with E-state index in [1.165, 1.54) is 18.4 Å². The van der Waals surface area contributed by atoms with Gasteiger partial charge in [0.05, 0.1) is 0 Å². The summed E-state index contributed by atoms with van der Waals surface area (Å²) in [6, 6.07) is 8.29. The van der Waals surface area contributed by atoms with E-state index >= 15 is 0 Å². The SMILES string of the molecule is Cc1ccc(C(=O)N(CCCN)C2CCCC2)cc1. The molecule has 0 bridgehead atoms. The minimum Gasteiger partial charge on any atom is -0.336 e. The number of carbonyl (C=O) groups excluding carboxylic acids is 1. The molecule has 19 heavy (non-hydrogen) atoms. The lowest BCUT2D eigenvalue weighted by atomic mass is 10.1. The minimum absolute atomic E-state index is 0.167. The van der Waals surface area contributed by atoms with E-state index < -0.39 is 0 Å². The first-order chi connectivity index (χ1) is 9.22. The van der Waals surface area contributed by atoms with E-state index in [2.05, 4.69) is 0 Å². The van der Waals surface area contributed by atoms with Crippen molar-refractivity contribution in [2.45, 2.75) is 45.1 Å². The van der Waals surface area contributed by atoms with Crippen LogP contribution in [0.15, 0.2) is 24.3 Å². The molecule has 2 rings (SSSR count). The van der Waals surface area contributed by atoms with E-state index in [9.17, 15) is 4.79 Å². The van der Waals surface area contributed by atoms with E-state index in [4.69, 9.17) is 5.73 Å². The quantitative estimate of drug-likeness (QED) is 0.885. The van der Waals surface area contributed by atoms with Gasteiger partial charge in [0.15, 0.2) is 0 Å². The maximum atomic E-state index is 12.6. The summed E-state index contributed by atoms with van der Waals surface area (Å²) >= 11 is 0. The fraction of sp³-hybridized carbons (Fsp3) is 0.562. The van der Waals surface area contributed by atoms with E-state index in [0.717, 1.165) is 31.4 Å². The van der Waals surface area contributed by atoms with Gasteiger partial charge in [0.25, 0.3) is 5.91 Å². The number of rotatable bonds is 5. The van der Waals surface area contributed by atoms with E-state index in [1.807, 2.05) is 36.1 Å². The minimum atomic E-state index is 0.167. The topological polar surface area (TPSA) is 46.3 Å². The first-order valence-electron chi connectivity index (χ1n) is 7.30. The maximum Gasteiger partial charge on any atom is 0.254 e. The molecule has 3 heteroatoms. The van der Waals surface area contributed by atoms with Crippen molar-refractivity contribution < 1.29 is 4.79 Å². The molecule has 0 spiro atoms. The van der Waals surface area contributed by atoms with Gasteiger partial charge in [0.1, 0.15) is 0 Å². The van der Waals surface area contributed by atoms with Gasteiger partial charge in [-0.1, -0.05) is 30.5 Å². The third-order valence-corrected chi connectivity index (χ3v) is 3.93. The number of benzene rings is 1. The van der Waals surface area contributed by atoms with Crippen LogP contribution in [0.3, 0.4) is 0 Å². The molecule has 0 heterocycles. The second-order valence-corrected chi connectivity index (χ2v) is 5.45. The highest BCUT2D eigenvalue weighted by Crippen LogP contribution is 2.25. The molecule has 0 aliphatic heterocycles. The molecule has 0 unspecified atom stereocenters. The zero-order valence-electron chi connectivity index (χ0n) is 11.8. The third-order valence-electron chi connectivity index (χ3n) is 3.93. The van der Waals surface area contributed by atoms with Crippen LogP contribution in [0.4, 0.5) is 0 Å². The summed E-state index contributed by atoms with van der Waals surface area (Å²) in [5.74, 6) is 0.167. The van der Waals surface area contributed by atoms with Crippen molar-refractivity contribution in [1.82, 2.24) is 4.90 Å². The van der Waals surface area contributed by atoms with Crippen LogP contribution in [0.5, 0.6) is 0 Å². The van der Waals surface area contributed by atoms with Gasteiger partial charge in [-0.3, -0.25) is 4.79 Å². The van der Waals surface area contributed by atoms with Crippen molar-refractivity contribution >= 4 is 5.91 Å². The number of hydrogen-bond acceptors (Lipinski definition) is 2. The number of nitrogens with zero attached hydrogens (tertiary/aromatic N) is 1. The number of carbonyl (C=O) groups is 1. The molecule has 3 nitrogen and oxygen atoms in total. The summed E-state index contributed by atoms with van der Waals surface area (Å²) < 4.78 is 0.